The van der Waals surface area contributed by atoms with Gasteiger partial charge in [0.1, 0.15) is 0 Å². The lowest BCUT2D eigenvalue weighted by Crippen LogP contribution is -2.43. The van der Waals surface area contributed by atoms with E-state index < -0.39 is 17.4 Å². The number of hydrogen-bond donors (Lipinski definition) is 3. The Kier molecular flexibility index (Phi) is 8.98. The molecule has 0 aliphatic heterocycles. The molecule has 0 aliphatic rings. The first kappa shape index (κ1) is 23.0. The van der Waals surface area contributed by atoms with Gasteiger partial charge in [0.15, 0.2) is 16.9 Å². The maximum Gasteiger partial charge on any atom is 0.325 e. The number of hydrogen-bond acceptors (Lipinski definition) is 5. The van der Waals surface area contributed by atoms with E-state index in [2.05, 4.69) is 0 Å². The minimum Gasteiger partial charge on any atom is -0.493 e. The molecule has 0 atom stereocenters. The SMILES string of the molecule is CCC(C(=O)O)(C(=O)O)c1ccccc1.COc1ccc(CCN)cc1OC. The van der Waals surface area contributed by atoms with Crippen molar-refractivity contribution >= 4 is 11.9 Å². The predicted molar refractivity (Wildman–Crippen MR) is 106 cm³/mol. The van der Waals surface area contributed by atoms with Gasteiger partial charge < -0.3 is 25.4 Å². The number of methoxy groups -OCH3 is 2. The number of nitrogens with two attached hydrogens (primary N) is 1. The number of rotatable bonds is 8. The molecule has 0 unspecified atom stereocenters. The van der Waals surface area contributed by atoms with Crippen LogP contribution in [0.2, 0.25) is 0 Å². The molecule has 0 aromatic heterocycles. The summed E-state index contributed by atoms with van der Waals surface area (Å²) in [5.41, 5.74) is 5.08. The molecule has 0 fully saturated rings. The van der Waals surface area contributed by atoms with Gasteiger partial charge in [0.2, 0.25) is 0 Å². The first-order valence-electron chi connectivity index (χ1n) is 8.80. The molecule has 2 aromatic rings. The topological polar surface area (TPSA) is 119 Å². The van der Waals surface area contributed by atoms with Crippen molar-refractivity contribution in [1.82, 2.24) is 0 Å². The Morgan fingerprint density at radius 3 is 1.96 bits per heavy atom. The summed E-state index contributed by atoms with van der Waals surface area (Å²) in [6.07, 6.45) is 0.877. The molecule has 28 heavy (non-hydrogen) atoms. The summed E-state index contributed by atoms with van der Waals surface area (Å²) in [6.45, 7) is 2.20. The predicted octanol–water partition coefficient (Wildman–Crippen LogP) is 2.71. The molecule has 0 radical (unpaired) electrons. The Bertz CT molecular complexity index is 762. The third-order valence-corrected chi connectivity index (χ3v) is 4.41. The monoisotopic (exact) mass is 389 g/mol. The summed E-state index contributed by atoms with van der Waals surface area (Å²) in [6, 6.07) is 13.9. The van der Waals surface area contributed by atoms with Gasteiger partial charge >= 0.3 is 11.9 Å². The second-order valence-corrected chi connectivity index (χ2v) is 5.96. The number of carboxylic acid groups (broad SMARTS) is 2. The molecule has 7 nitrogen and oxygen atoms in total. The molecule has 0 bridgehead atoms. The van der Waals surface area contributed by atoms with E-state index in [4.69, 9.17) is 25.4 Å². The van der Waals surface area contributed by atoms with Gasteiger partial charge in [-0.05, 0) is 42.6 Å². The van der Waals surface area contributed by atoms with Crippen LogP contribution >= 0.6 is 0 Å². The van der Waals surface area contributed by atoms with Gasteiger partial charge in [-0.3, -0.25) is 9.59 Å². The van der Waals surface area contributed by atoms with Gasteiger partial charge in [0.25, 0.3) is 0 Å². The Morgan fingerprint density at radius 2 is 1.54 bits per heavy atom. The minimum atomic E-state index is -1.83. The lowest BCUT2D eigenvalue weighted by atomic mass is 9.78. The van der Waals surface area contributed by atoms with Gasteiger partial charge in [0, 0.05) is 0 Å². The summed E-state index contributed by atoms with van der Waals surface area (Å²) in [5, 5.41) is 18.1. The molecule has 0 saturated carbocycles. The van der Waals surface area contributed by atoms with Crippen LogP contribution in [0.3, 0.4) is 0 Å². The average molecular weight is 389 g/mol. The zero-order valence-electron chi connectivity index (χ0n) is 16.3. The van der Waals surface area contributed by atoms with E-state index in [9.17, 15) is 9.59 Å². The van der Waals surface area contributed by atoms with Crippen LogP contribution < -0.4 is 15.2 Å². The van der Waals surface area contributed by atoms with Gasteiger partial charge in [0.05, 0.1) is 14.2 Å². The van der Waals surface area contributed by atoms with E-state index >= 15 is 0 Å². The lowest BCUT2D eigenvalue weighted by molar-refractivity contribution is -0.157. The van der Waals surface area contributed by atoms with Crippen LogP contribution in [0.1, 0.15) is 24.5 Å². The zero-order chi connectivity index (χ0) is 21.2. The van der Waals surface area contributed by atoms with Crippen LogP contribution in [0.15, 0.2) is 48.5 Å². The van der Waals surface area contributed by atoms with E-state index in [0.29, 0.717) is 12.1 Å². The van der Waals surface area contributed by atoms with Crippen LogP contribution in [0, 0.1) is 0 Å². The second-order valence-electron chi connectivity index (χ2n) is 5.96. The van der Waals surface area contributed by atoms with Gasteiger partial charge in [-0.2, -0.15) is 0 Å². The summed E-state index contributed by atoms with van der Waals surface area (Å²) in [7, 11) is 3.25. The van der Waals surface area contributed by atoms with Crippen molar-refractivity contribution in [2.75, 3.05) is 20.8 Å². The van der Waals surface area contributed by atoms with Crippen LogP contribution in [0.5, 0.6) is 11.5 Å². The van der Waals surface area contributed by atoms with Crippen LogP contribution in [0.4, 0.5) is 0 Å². The van der Waals surface area contributed by atoms with Crippen molar-refractivity contribution in [2.45, 2.75) is 25.2 Å². The average Bonchev–Trinajstić information content (AvgIpc) is 2.70. The third-order valence-electron chi connectivity index (χ3n) is 4.41. The van der Waals surface area contributed by atoms with Crippen LogP contribution in [0.25, 0.3) is 0 Å². The van der Waals surface area contributed by atoms with Crippen molar-refractivity contribution in [2.24, 2.45) is 5.73 Å². The quantitative estimate of drug-likeness (QED) is 0.594. The first-order valence-corrected chi connectivity index (χ1v) is 8.80. The molecule has 4 N–H and O–H groups in total. The molecule has 152 valence electrons. The third kappa shape index (κ3) is 5.23. The molecule has 2 rings (SSSR count). The lowest BCUT2D eigenvalue weighted by Gasteiger charge is -2.23. The van der Waals surface area contributed by atoms with Gasteiger partial charge in [-0.15, -0.1) is 0 Å². The molecule has 2 aromatic carbocycles. The number of carboxylic acids is 2. The normalized spacial score (nSPS) is 10.4. The summed E-state index contributed by atoms with van der Waals surface area (Å²) in [4.78, 5) is 22.2. The van der Waals surface area contributed by atoms with E-state index in [1.165, 1.54) is 17.7 Å². The van der Waals surface area contributed by atoms with E-state index in [0.717, 1.165) is 17.9 Å². The summed E-state index contributed by atoms with van der Waals surface area (Å²) >= 11 is 0. The molecule has 0 aliphatic carbocycles. The van der Waals surface area contributed by atoms with Crippen molar-refractivity contribution in [3.63, 3.8) is 0 Å². The number of carbonyl (C=O) groups is 2. The zero-order valence-corrected chi connectivity index (χ0v) is 16.3. The molecule has 7 heteroatoms. The Hall–Kier alpha value is -3.06. The van der Waals surface area contributed by atoms with Gasteiger partial charge in [-0.25, -0.2) is 0 Å². The maximum absolute atomic E-state index is 11.1. The molecular formula is C21H27NO6. The van der Waals surface area contributed by atoms with Crippen molar-refractivity contribution < 1.29 is 29.3 Å². The number of aliphatic carboxylic acids is 2. The van der Waals surface area contributed by atoms with Crippen LogP contribution in [-0.2, 0) is 21.4 Å². The smallest absolute Gasteiger partial charge is 0.325 e. The van der Waals surface area contributed by atoms with Crippen LogP contribution in [-0.4, -0.2) is 42.9 Å². The fourth-order valence-corrected chi connectivity index (χ4v) is 2.77. The van der Waals surface area contributed by atoms with Crippen molar-refractivity contribution in [1.29, 1.82) is 0 Å². The molecular weight excluding hydrogens is 362 g/mol. The van der Waals surface area contributed by atoms with E-state index in [1.54, 1.807) is 39.3 Å². The minimum absolute atomic E-state index is 0.0156. The maximum atomic E-state index is 11.1. The number of ether oxygens (including phenoxy) is 2. The fraction of sp³-hybridized carbons (Fsp3) is 0.333. The molecule has 0 spiro atoms. The Morgan fingerprint density at radius 1 is 0.964 bits per heavy atom. The Labute approximate surface area is 164 Å². The standard InChI is InChI=1S/C11H12O4.C10H15NO2/c1-2-11(9(12)13,10(14)15)8-6-4-3-5-7-8;1-12-9-4-3-8(5-6-11)7-10(9)13-2/h3-7H,2H2,1H3,(H,12,13)(H,14,15);3-4,7H,5-6,11H2,1-2H3. The molecule has 0 saturated heterocycles. The summed E-state index contributed by atoms with van der Waals surface area (Å²) < 4.78 is 10.3. The number of benzene rings is 2. The van der Waals surface area contributed by atoms with Gasteiger partial charge in [-0.1, -0.05) is 43.3 Å². The Balaban J connectivity index is 0.000000283. The summed E-state index contributed by atoms with van der Waals surface area (Å²) in [5.74, 6) is -1.15. The van der Waals surface area contributed by atoms with Crippen molar-refractivity contribution in [3.8, 4) is 11.5 Å². The highest BCUT2D eigenvalue weighted by Crippen LogP contribution is 2.29. The first-order chi connectivity index (χ1) is 13.4. The second kappa shape index (κ2) is 10.9. The fourth-order valence-electron chi connectivity index (χ4n) is 2.77. The largest absolute Gasteiger partial charge is 0.493 e. The van der Waals surface area contributed by atoms with E-state index in [1.807, 2.05) is 18.2 Å². The van der Waals surface area contributed by atoms with E-state index in [-0.39, 0.29) is 6.42 Å². The molecule has 0 heterocycles. The highest BCUT2D eigenvalue weighted by atomic mass is 16.5. The molecule has 0 amide bonds. The highest BCUT2D eigenvalue weighted by molar-refractivity contribution is 6.04. The highest BCUT2D eigenvalue weighted by Gasteiger charge is 2.46. The van der Waals surface area contributed by atoms with Crippen molar-refractivity contribution in [3.05, 3.63) is 59.7 Å².